The summed E-state index contributed by atoms with van der Waals surface area (Å²) in [4.78, 5) is 40.8. The summed E-state index contributed by atoms with van der Waals surface area (Å²) in [7, 11) is -4.11. The van der Waals surface area contributed by atoms with Gasteiger partial charge in [-0.05, 0) is 54.4 Å². The fourth-order valence-electron chi connectivity index (χ4n) is 3.77. The highest BCUT2D eigenvalue weighted by Crippen LogP contribution is 2.27. The monoisotopic (exact) mass is 551 g/mol. The first-order valence-corrected chi connectivity index (χ1v) is 13.1. The number of thiophene rings is 1. The van der Waals surface area contributed by atoms with Crippen LogP contribution in [0.2, 0.25) is 9.36 Å². The van der Waals surface area contributed by atoms with Crippen LogP contribution in [-0.4, -0.2) is 30.5 Å². The third-order valence-corrected chi connectivity index (χ3v) is 8.67. The minimum Gasteiger partial charge on any atom is -0.384 e. The molecule has 35 heavy (non-hydrogen) atoms. The number of sulfonamides is 1. The number of anilines is 2. The molecule has 2 aromatic heterocycles. The maximum Gasteiger partial charge on any atom is 0.333 e. The van der Waals surface area contributed by atoms with Gasteiger partial charge in [-0.25, -0.2) is 27.3 Å². The normalized spacial score (nSPS) is 12.9. The number of hydrogen-bond acceptors (Lipinski definition) is 7. The van der Waals surface area contributed by atoms with Crippen molar-refractivity contribution in [3.8, 4) is 5.69 Å². The maximum atomic E-state index is 13.2. The predicted octanol–water partition coefficient (Wildman–Crippen LogP) is 3.53. The molecule has 0 bridgehead atoms. The molecule has 1 aliphatic heterocycles. The summed E-state index contributed by atoms with van der Waals surface area (Å²) >= 11 is 12.9. The zero-order valence-corrected chi connectivity index (χ0v) is 20.7. The van der Waals surface area contributed by atoms with Crippen molar-refractivity contribution in [2.45, 2.75) is 10.6 Å². The molecule has 0 saturated heterocycles. The number of aromatic nitrogens is 2. The van der Waals surface area contributed by atoms with Crippen molar-refractivity contribution < 1.29 is 13.2 Å². The Morgan fingerprint density at radius 2 is 1.89 bits per heavy atom. The second kappa shape index (κ2) is 8.72. The van der Waals surface area contributed by atoms with Gasteiger partial charge in [0, 0.05) is 17.9 Å². The number of fused-ring (bicyclic) bond motifs is 2. The molecule has 0 fully saturated rings. The quantitative estimate of drug-likeness (QED) is 0.305. The van der Waals surface area contributed by atoms with Crippen LogP contribution in [0.4, 0.5) is 16.2 Å². The SMILES string of the molecule is O=C(Nc1ccc(-n2c(=O)[nH]c3cc4c(cc3c2=O)CCN4)c(Cl)c1)NS(=O)(=O)c1ccc(Cl)s1. The number of nitrogens with zero attached hydrogens (tertiary/aromatic N) is 1. The third kappa shape index (κ3) is 4.41. The molecule has 4 aromatic rings. The summed E-state index contributed by atoms with van der Waals surface area (Å²) in [6, 6.07) is 9.19. The van der Waals surface area contributed by atoms with Gasteiger partial charge >= 0.3 is 11.7 Å². The van der Waals surface area contributed by atoms with Crippen LogP contribution in [0, 0.1) is 0 Å². The van der Waals surface area contributed by atoms with Crippen molar-refractivity contribution in [1.29, 1.82) is 0 Å². The lowest BCUT2D eigenvalue weighted by atomic mass is 10.1. The number of carbonyl (C=O) groups excluding carboxylic acids is 1. The highest BCUT2D eigenvalue weighted by Gasteiger charge is 2.21. The molecule has 5 rings (SSSR count). The van der Waals surface area contributed by atoms with Crippen molar-refractivity contribution in [3.05, 3.63) is 78.2 Å². The second-order valence-corrected chi connectivity index (χ2v) is 11.6. The number of halogens is 2. The maximum absolute atomic E-state index is 13.2. The molecule has 0 aliphatic carbocycles. The molecule has 10 nitrogen and oxygen atoms in total. The summed E-state index contributed by atoms with van der Waals surface area (Å²) < 4.78 is 27.5. The van der Waals surface area contributed by atoms with Gasteiger partial charge in [-0.2, -0.15) is 0 Å². The van der Waals surface area contributed by atoms with Crippen LogP contribution >= 0.6 is 34.5 Å². The van der Waals surface area contributed by atoms with Gasteiger partial charge in [0.25, 0.3) is 15.6 Å². The molecule has 4 N–H and O–H groups in total. The third-order valence-electron chi connectivity index (χ3n) is 5.32. The minimum absolute atomic E-state index is 0.00882. The van der Waals surface area contributed by atoms with Crippen LogP contribution in [0.5, 0.6) is 0 Å². The fourth-order valence-corrected chi connectivity index (χ4v) is 6.42. The number of carbonyl (C=O) groups is 1. The number of H-pyrrole nitrogens is 1. The summed E-state index contributed by atoms with van der Waals surface area (Å²) in [6.45, 7) is 0.750. The highest BCUT2D eigenvalue weighted by atomic mass is 35.5. The fraction of sp³-hybridized carbons (Fsp3) is 0.0952. The average Bonchev–Trinajstić information content (AvgIpc) is 3.42. The Kier molecular flexibility index (Phi) is 5.83. The molecule has 1 aliphatic rings. The number of hydrogen-bond donors (Lipinski definition) is 4. The highest BCUT2D eigenvalue weighted by molar-refractivity contribution is 7.92. The van der Waals surface area contributed by atoms with E-state index < -0.39 is 27.3 Å². The van der Waals surface area contributed by atoms with E-state index in [0.717, 1.165) is 40.1 Å². The molecule has 2 aromatic carbocycles. The van der Waals surface area contributed by atoms with Gasteiger partial charge in [-0.15, -0.1) is 11.3 Å². The molecule has 0 unspecified atom stereocenters. The van der Waals surface area contributed by atoms with Crippen LogP contribution in [0.3, 0.4) is 0 Å². The Morgan fingerprint density at radius 1 is 1.09 bits per heavy atom. The smallest absolute Gasteiger partial charge is 0.333 e. The summed E-state index contributed by atoms with van der Waals surface area (Å²) in [5.74, 6) is 0. The van der Waals surface area contributed by atoms with Crippen molar-refractivity contribution in [2.75, 3.05) is 17.2 Å². The summed E-state index contributed by atoms with van der Waals surface area (Å²) in [5, 5.41) is 5.88. The van der Waals surface area contributed by atoms with Crippen LogP contribution in [0.15, 0.2) is 56.3 Å². The Hall–Kier alpha value is -3.32. The molecule has 2 amide bonds. The van der Waals surface area contributed by atoms with E-state index in [1.165, 1.54) is 30.3 Å². The lowest BCUT2D eigenvalue weighted by molar-refractivity contribution is 0.256. The van der Waals surface area contributed by atoms with E-state index >= 15 is 0 Å². The van der Waals surface area contributed by atoms with Crippen molar-refractivity contribution in [2.24, 2.45) is 0 Å². The number of aromatic amines is 1. The second-order valence-electron chi connectivity index (χ2n) is 7.59. The molecule has 14 heteroatoms. The van der Waals surface area contributed by atoms with E-state index in [-0.39, 0.29) is 24.9 Å². The van der Waals surface area contributed by atoms with Gasteiger partial charge in [0.1, 0.15) is 4.21 Å². The lowest BCUT2D eigenvalue weighted by Gasteiger charge is -2.12. The van der Waals surface area contributed by atoms with Crippen LogP contribution < -0.4 is 26.6 Å². The van der Waals surface area contributed by atoms with Crippen molar-refractivity contribution in [3.63, 3.8) is 0 Å². The molecular formula is C21H15Cl2N5O5S2. The standard InChI is InChI=1S/C21H15Cl2N5O5S2/c22-13-8-11(25-20(30)27-35(32,33)18-4-3-17(23)34-18)1-2-16(13)28-19(29)12-7-10-5-6-24-14(10)9-15(12)26-21(28)31/h1-4,7-9,24H,5-6H2,(H,26,31)(H2,25,27,30). The van der Waals surface area contributed by atoms with E-state index in [9.17, 15) is 22.8 Å². The molecule has 0 saturated carbocycles. The van der Waals surface area contributed by atoms with E-state index in [4.69, 9.17) is 23.2 Å². The number of amides is 2. The van der Waals surface area contributed by atoms with Gasteiger partial charge in [0.05, 0.1) is 25.9 Å². The first-order valence-electron chi connectivity index (χ1n) is 10.1. The predicted molar refractivity (Wildman–Crippen MR) is 136 cm³/mol. The van der Waals surface area contributed by atoms with Gasteiger partial charge in [-0.3, -0.25) is 4.79 Å². The number of urea groups is 1. The van der Waals surface area contributed by atoms with Crippen molar-refractivity contribution in [1.82, 2.24) is 14.3 Å². The average molecular weight is 552 g/mol. The van der Waals surface area contributed by atoms with E-state index in [1.54, 1.807) is 12.1 Å². The molecule has 0 atom stereocenters. The number of nitrogens with one attached hydrogen (secondary N) is 4. The van der Waals surface area contributed by atoms with Gasteiger partial charge in [0.2, 0.25) is 0 Å². The first-order chi connectivity index (χ1) is 16.6. The summed E-state index contributed by atoms with van der Waals surface area (Å²) in [5.41, 5.74) is 1.28. The molecule has 180 valence electrons. The van der Waals surface area contributed by atoms with E-state index in [0.29, 0.717) is 10.9 Å². The zero-order valence-electron chi connectivity index (χ0n) is 17.5. The Labute approximate surface area is 211 Å². The van der Waals surface area contributed by atoms with Crippen LogP contribution in [-0.2, 0) is 16.4 Å². The minimum atomic E-state index is -4.11. The first kappa shape index (κ1) is 23.4. The van der Waals surface area contributed by atoms with E-state index in [2.05, 4.69) is 15.6 Å². The molecule has 0 radical (unpaired) electrons. The van der Waals surface area contributed by atoms with Gasteiger partial charge in [-0.1, -0.05) is 23.2 Å². The molecule has 0 spiro atoms. The van der Waals surface area contributed by atoms with Gasteiger partial charge < -0.3 is 15.6 Å². The lowest BCUT2D eigenvalue weighted by Crippen LogP contribution is -2.34. The topological polar surface area (TPSA) is 142 Å². The number of benzene rings is 2. The largest absolute Gasteiger partial charge is 0.384 e. The van der Waals surface area contributed by atoms with Crippen molar-refractivity contribution >= 4 is 72.9 Å². The van der Waals surface area contributed by atoms with Gasteiger partial charge in [0.15, 0.2) is 0 Å². The van der Waals surface area contributed by atoms with Crippen LogP contribution in [0.25, 0.3) is 16.6 Å². The molecular weight excluding hydrogens is 537 g/mol. The molecule has 3 heterocycles. The Morgan fingerprint density at radius 3 is 2.60 bits per heavy atom. The zero-order chi connectivity index (χ0) is 24.9. The van der Waals surface area contributed by atoms with E-state index in [1.807, 2.05) is 4.72 Å². The number of rotatable bonds is 4. The summed E-state index contributed by atoms with van der Waals surface area (Å²) in [6.07, 6.45) is 0.766. The van der Waals surface area contributed by atoms with Crippen LogP contribution in [0.1, 0.15) is 5.56 Å². The Bertz CT molecular complexity index is 1740. The Balaban J connectivity index is 1.43.